The minimum atomic E-state index is -3.34. The minimum Gasteiger partial charge on any atom is -0.345 e. The zero-order valence-corrected chi connectivity index (χ0v) is 17.1. The quantitative estimate of drug-likeness (QED) is 0.763. The molecule has 0 aliphatic heterocycles. The van der Waals surface area contributed by atoms with Crippen LogP contribution in [0.5, 0.6) is 0 Å². The lowest BCUT2D eigenvalue weighted by atomic mass is 9.93. The maximum atomic E-state index is 12.5. The first-order chi connectivity index (χ1) is 12.6. The van der Waals surface area contributed by atoms with E-state index in [-0.39, 0.29) is 16.8 Å². The van der Waals surface area contributed by atoms with Crippen LogP contribution in [0.1, 0.15) is 48.1 Å². The van der Waals surface area contributed by atoms with Gasteiger partial charge in [0.25, 0.3) is 0 Å². The third kappa shape index (κ3) is 5.91. The Bertz CT molecular complexity index is 921. The first-order valence-corrected chi connectivity index (χ1v) is 10.9. The second-order valence-electron chi connectivity index (χ2n) is 7.22. The summed E-state index contributed by atoms with van der Waals surface area (Å²) in [5.74, 6) is -0.109. The average molecular weight is 389 g/mol. The standard InChI is InChI=1S/C21H28N2O3S/c1-14-8-10-19(15(2)12-14)21(23-20(24)11-9-16(3)22)17-6-5-7-18(13-17)27(4,25)26/h5-8,10,12-13,16,21H,9,11,22H2,1-4H3,(H,23,24). The van der Waals surface area contributed by atoms with Crippen LogP contribution in [0.2, 0.25) is 0 Å². The van der Waals surface area contributed by atoms with Crippen molar-refractivity contribution >= 4 is 15.7 Å². The van der Waals surface area contributed by atoms with Gasteiger partial charge in [0.05, 0.1) is 10.9 Å². The summed E-state index contributed by atoms with van der Waals surface area (Å²) in [6.45, 7) is 5.87. The SMILES string of the molecule is Cc1ccc(C(NC(=O)CCC(C)N)c2cccc(S(C)(=O)=O)c2)c(C)c1. The number of carbonyl (C=O) groups is 1. The van der Waals surface area contributed by atoms with Crippen molar-refractivity contribution in [1.82, 2.24) is 5.32 Å². The highest BCUT2D eigenvalue weighted by molar-refractivity contribution is 7.90. The third-order valence-corrected chi connectivity index (χ3v) is 5.60. The number of rotatable bonds is 7. The molecule has 0 aromatic heterocycles. The van der Waals surface area contributed by atoms with Gasteiger partial charge in [-0.15, -0.1) is 0 Å². The van der Waals surface area contributed by atoms with Crippen molar-refractivity contribution in [2.75, 3.05) is 6.26 Å². The highest BCUT2D eigenvalue weighted by atomic mass is 32.2. The van der Waals surface area contributed by atoms with Crippen LogP contribution in [-0.4, -0.2) is 26.6 Å². The summed E-state index contributed by atoms with van der Waals surface area (Å²) in [5, 5.41) is 3.05. The Morgan fingerprint density at radius 2 is 1.85 bits per heavy atom. The maximum Gasteiger partial charge on any atom is 0.220 e. The molecule has 2 aromatic carbocycles. The Hall–Kier alpha value is -2.18. The lowest BCUT2D eigenvalue weighted by Gasteiger charge is -2.23. The van der Waals surface area contributed by atoms with Crippen molar-refractivity contribution in [3.63, 3.8) is 0 Å². The van der Waals surface area contributed by atoms with Crippen molar-refractivity contribution in [2.24, 2.45) is 5.73 Å². The smallest absolute Gasteiger partial charge is 0.220 e. The van der Waals surface area contributed by atoms with E-state index in [4.69, 9.17) is 5.73 Å². The lowest BCUT2D eigenvalue weighted by Crippen LogP contribution is -2.31. The van der Waals surface area contributed by atoms with Crippen LogP contribution in [0.3, 0.4) is 0 Å². The number of nitrogens with one attached hydrogen (secondary N) is 1. The van der Waals surface area contributed by atoms with E-state index in [1.165, 1.54) is 6.26 Å². The summed E-state index contributed by atoms with van der Waals surface area (Å²) in [4.78, 5) is 12.7. The van der Waals surface area contributed by atoms with Crippen molar-refractivity contribution in [1.29, 1.82) is 0 Å². The molecule has 3 N–H and O–H groups in total. The molecule has 146 valence electrons. The molecule has 0 saturated carbocycles. The summed E-state index contributed by atoms with van der Waals surface area (Å²) < 4.78 is 23.9. The van der Waals surface area contributed by atoms with Crippen LogP contribution in [0.25, 0.3) is 0 Å². The molecule has 0 aliphatic rings. The van der Waals surface area contributed by atoms with E-state index in [2.05, 4.69) is 11.4 Å². The summed E-state index contributed by atoms with van der Waals surface area (Å²) in [5.41, 5.74) is 9.60. The maximum absolute atomic E-state index is 12.5. The van der Waals surface area contributed by atoms with E-state index in [1.807, 2.05) is 39.0 Å². The number of carbonyl (C=O) groups excluding carboxylic acids is 1. The zero-order chi connectivity index (χ0) is 20.2. The summed E-state index contributed by atoms with van der Waals surface area (Å²) >= 11 is 0. The van der Waals surface area contributed by atoms with Gasteiger partial charge in [0, 0.05) is 18.7 Å². The monoisotopic (exact) mass is 388 g/mol. The van der Waals surface area contributed by atoms with E-state index in [1.54, 1.807) is 18.2 Å². The average Bonchev–Trinajstić information content (AvgIpc) is 2.58. The molecular formula is C21H28N2O3S. The molecular weight excluding hydrogens is 360 g/mol. The number of hydrogen-bond acceptors (Lipinski definition) is 4. The Kier molecular flexibility index (Phi) is 6.78. The molecule has 6 heteroatoms. The molecule has 5 nitrogen and oxygen atoms in total. The Morgan fingerprint density at radius 3 is 2.44 bits per heavy atom. The van der Waals surface area contributed by atoms with Gasteiger partial charge in [0.15, 0.2) is 9.84 Å². The first kappa shape index (κ1) is 21.1. The Morgan fingerprint density at radius 1 is 1.15 bits per heavy atom. The van der Waals surface area contributed by atoms with Gasteiger partial charge in [0.2, 0.25) is 5.91 Å². The normalized spacial score (nSPS) is 13.8. The largest absolute Gasteiger partial charge is 0.345 e. The van der Waals surface area contributed by atoms with Crippen LogP contribution in [0, 0.1) is 13.8 Å². The molecule has 2 aromatic rings. The molecule has 0 heterocycles. The summed E-state index contributed by atoms with van der Waals surface area (Å²) in [6, 6.07) is 12.3. The number of amides is 1. The first-order valence-electron chi connectivity index (χ1n) is 9.00. The summed E-state index contributed by atoms with van der Waals surface area (Å²) in [7, 11) is -3.34. The predicted molar refractivity (Wildman–Crippen MR) is 108 cm³/mol. The van der Waals surface area contributed by atoms with Gasteiger partial charge in [0.1, 0.15) is 0 Å². The molecule has 0 fully saturated rings. The number of hydrogen-bond donors (Lipinski definition) is 2. The highest BCUT2D eigenvalue weighted by Crippen LogP contribution is 2.27. The predicted octanol–water partition coefficient (Wildman–Crippen LogP) is 3.04. The number of nitrogens with two attached hydrogens (primary N) is 1. The molecule has 2 rings (SSSR count). The van der Waals surface area contributed by atoms with Gasteiger partial charge in [-0.25, -0.2) is 8.42 Å². The second-order valence-corrected chi connectivity index (χ2v) is 9.24. The van der Waals surface area contributed by atoms with E-state index < -0.39 is 15.9 Å². The van der Waals surface area contributed by atoms with E-state index in [9.17, 15) is 13.2 Å². The van der Waals surface area contributed by atoms with Crippen LogP contribution in [0.15, 0.2) is 47.4 Å². The van der Waals surface area contributed by atoms with E-state index in [0.29, 0.717) is 12.8 Å². The number of benzene rings is 2. The molecule has 2 unspecified atom stereocenters. The van der Waals surface area contributed by atoms with Crippen molar-refractivity contribution < 1.29 is 13.2 Å². The molecule has 1 amide bonds. The van der Waals surface area contributed by atoms with Crippen molar-refractivity contribution in [2.45, 2.75) is 50.6 Å². The van der Waals surface area contributed by atoms with Crippen molar-refractivity contribution in [3.05, 3.63) is 64.7 Å². The molecule has 27 heavy (non-hydrogen) atoms. The van der Waals surface area contributed by atoms with Crippen LogP contribution >= 0.6 is 0 Å². The molecule has 0 bridgehead atoms. The Balaban J connectivity index is 2.45. The van der Waals surface area contributed by atoms with E-state index in [0.717, 1.165) is 22.3 Å². The molecule has 0 radical (unpaired) electrons. The number of sulfone groups is 1. The minimum absolute atomic E-state index is 0.0520. The second kappa shape index (κ2) is 8.67. The fourth-order valence-corrected chi connectivity index (χ4v) is 3.68. The van der Waals surface area contributed by atoms with Gasteiger partial charge in [-0.05, 0) is 56.0 Å². The van der Waals surface area contributed by atoms with Crippen LogP contribution in [-0.2, 0) is 14.6 Å². The fourth-order valence-electron chi connectivity index (χ4n) is 3.01. The highest BCUT2D eigenvalue weighted by Gasteiger charge is 2.20. The molecule has 0 saturated heterocycles. The topological polar surface area (TPSA) is 89.3 Å². The van der Waals surface area contributed by atoms with Crippen LogP contribution in [0.4, 0.5) is 0 Å². The molecule has 0 aliphatic carbocycles. The van der Waals surface area contributed by atoms with E-state index >= 15 is 0 Å². The van der Waals surface area contributed by atoms with Gasteiger partial charge < -0.3 is 11.1 Å². The van der Waals surface area contributed by atoms with Gasteiger partial charge in [-0.2, -0.15) is 0 Å². The molecule has 0 spiro atoms. The van der Waals surface area contributed by atoms with Crippen molar-refractivity contribution in [3.8, 4) is 0 Å². The lowest BCUT2D eigenvalue weighted by molar-refractivity contribution is -0.121. The fraction of sp³-hybridized carbons (Fsp3) is 0.381. The molecule has 2 atom stereocenters. The zero-order valence-electron chi connectivity index (χ0n) is 16.3. The number of aryl methyl sites for hydroxylation is 2. The van der Waals surface area contributed by atoms with Gasteiger partial charge in [-0.1, -0.05) is 35.9 Å². The van der Waals surface area contributed by atoms with Crippen LogP contribution < -0.4 is 11.1 Å². The Labute approximate surface area is 161 Å². The summed E-state index contributed by atoms with van der Waals surface area (Å²) in [6.07, 6.45) is 2.10. The van der Waals surface area contributed by atoms with Gasteiger partial charge >= 0.3 is 0 Å². The van der Waals surface area contributed by atoms with Gasteiger partial charge in [-0.3, -0.25) is 4.79 Å². The third-order valence-electron chi connectivity index (χ3n) is 4.49.